The Labute approximate surface area is 114 Å². The Morgan fingerprint density at radius 1 is 1.37 bits per heavy atom. The Hall–Kier alpha value is -1.82. The summed E-state index contributed by atoms with van der Waals surface area (Å²) in [7, 11) is 1.68. The van der Waals surface area contributed by atoms with Crippen molar-refractivity contribution in [3.05, 3.63) is 27.9 Å². The van der Waals surface area contributed by atoms with Crippen LogP contribution in [-0.2, 0) is 11.8 Å². The predicted molar refractivity (Wildman–Crippen MR) is 76.9 cm³/mol. The van der Waals surface area contributed by atoms with Crippen molar-refractivity contribution < 1.29 is 9.53 Å². The van der Waals surface area contributed by atoms with Gasteiger partial charge >= 0.3 is 11.0 Å². The van der Waals surface area contributed by atoms with E-state index in [-0.39, 0.29) is 4.87 Å². The van der Waals surface area contributed by atoms with E-state index in [1.54, 1.807) is 40.0 Å². The van der Waals surface area contributed by atoms with Crippen molar-refractivity contribution in [2.24, 2.45) is 7.05 Å². The first-order chi connectivity index (χ1) is 8.78. The number of carbonyl (C=O) groups is 1. The lowest BCUT2D eigenvalue weighted by Gasteiger charge is -2.19. The number of carbonyl (C=O) groups excluding carboxylic acids is 1. The van der Waals surface area contributed by atoms with Crippen molar-refractivity contribution in [3.63, 3.8) is 0 Å². The SMILES string of the molecule is Cn1c(=O)sc2cccc(NC(=O)OC(C)(C)C)c21. The molecule has 0 unspecified atom stereocenters. The van der Waals surface area contributed by atoms with Crippen molar-refractivity contribution in [1.29, 1.82) is 0 Å². The zero-order valence-electron chi connectivity index (χ0n) is 11.3. The Kier molecular flexibility index (Phi) is 3.36. The molecule has 0 spiro atoms. The molecule has 1 N–H and O–H groups in total. The number of nitrogens with one attached hydrogen (secondary N) is 1. The average Bonchev–Trinajstić information content (AvgIpc) is 2.53. The number of benzene rings is 1. The van der Waals surface area contributed by atoms with Gasteiger partial charge in [0.25, 0.3) is 0 Å². The zero-order valence-corrected chi connectivity index (χ0v) is 12.1. The minimum Gasteiger partial charge on any atom is -0.444 e. The van der Waals surface area contributed by atoms with Crippen LogP contribution in [0.1, 0.15) is 20.8 Å². The van der Waals surface area contributed by atoms with Crippen LogP contribution in [0.2, 0.25) is 0 Å². The molecule has 0 bridgehead atoms. The van der Waals surface area contributed by atoms with Crippen molar-refractivity contribution in [3.8, 4) is 0 Å². The monoisotopic (exact) mass is 280 g/mol. The van der Waals surface area contributed by atoms with Gasteiger partial charge < -0.3 is 4.74 Å². The molecule has 0 aliphatic heterocycles. The Morgan fingerprint density at radius 3 is 2.68 bits per heavy atom. The molecule has 1 aromatic heterocycles. The number of anilines is 1. The first kappa shape index (κ1) is 13.6. The van der Waals surface area contributed by atoms with Crippen molar-refractivity contribution in [2.45, 2.75) is 26.4 Å². The van der Waals surface area contributed by atoms with Gasteiger partial charge in [0, 0.05) is 7.05 Å². The third-order valence-corrected chi connectivity index (χ3v) is 3.44. The van der Waals surface area contributed by atoms with Gasteiger partial charge in [0.15, 0.2) is 0 Å². The van der Waals surface area contributed by atoms with Gasteiger partial charge in [-0.05, 0) is 32.9 Å². The van der Waals surface area contributed by atoms with Crippen LogP contribution in [0.15, 0.2) is 23.0 Å². The highest BCUT2D eigenvalue weighted by Gasteiger charge is 2.18. The average molecular weight is 280 g/mol. The number of fused-ring (bicyclic) bond motifs is 1. The number of rotatable bonds is 1. The van der Waals surface area contributed by atoms with E-state index in [0.717, 1.165) is 16.0 Å². The smallest absolute Gasteiger partial charge is 0.412 e. The molecule has 0 aliphatic carbocycles. The van der Waals surface area contributed by atoms with Crippen LogP contribution in [-0.4, -0.2) is 16.3 Å². The molecule has 2 aromatic rings. The molecule has 102 valence electrons. The summed E-state index contributed by atoms with van der Waals surface area (Å²) in [5.41, 5.74) is 0.731. The molecule has 6 heteroatoms. The normalized spacial score (nSPS) is 11.6. The highest BCUT2D eigenvalue weighted by atomic mass is 32.1. The maximum absolute atomic E-state index is 11.8. The molecule has 1 heterocycles. The lowest BCUT2D eigenvalue weighted by atomic mass is 10.2. The fourth-order valence-corrected chi connectivity index (χ4v) is 2.63. The van der Waals surface area contributed by atoms with Crippen LogP contribution < -0.4 is 10.2 Å². The summed E-state index contributed by atoms with van der Waals surface area (Å²) in [6.45, 7) is 5.40. The number of amides is 1. The minimum atomic E-state index is -0.557. The second-order valence-corrected chi connectivity index (χ2v) is 6.20. The van der Waals surface area contributed by atoms with E-state index >= 15 is 0 Å². The maximum atomic E-state index is 11.8. The van der Waals surface area contributed by atoms with E-state index in [1.807, 2.05) is 6.07 Å². The van der Waals surface area contributed by atoms with Crippen LogP contribution in [0, 0.1) is 0 Å². The third-order valence-electron chi connectivity index (χ3n) is 2.44. The van der Waals surface area contributed by atoms with Crippen LogP contribution >= 0.6 is 11.3 Å². The molecule has 0 atom stereocenters. The van der Waals surface area contributed by atoms with Gasteiger partial charge in [-0.2, -0.15) is 0 Å². The van der Waals surface area contributed by atoms with Gasteiger partial charge in [0.05, 0.1) is 15.9 Å². The molecular weight excluding hydrogens is 264 g/mol. The summed E-state index contributed by atoms with van der Waals surface area (Å²) in [5, 5.41) is 2.68. The van der Waals surface area contributed by atoms with Crippen molar-refractivity contribution in [2.75, 3.05) is 5.32 Å². The molecule has 19 heavy (non-hydrogen) atoms. The summed E-state index contributed by atoms with van der Waals surface area (Å²) in [6, 6.07) is 5.39. The summed E-state index contributed by atoms with van der Waals surface area (Å²) in [5.74, 6) is 0. The Balaban J connectivity index is 2.36. The Morgan fingerprint density at radius 2 is 2.05 bits per heavy atom. The molecule has 2 rings (SSSR count). The summed E-state index contributed by atoms with van der Waals surface area (Å²) in [6.07, 6.45) is -0.529. The van der Waals surface area contributed by atoms with Gasteiger partial charge in [-0.25, -0.2) is 4.79 Å². The molecule has 0 saturated carbocycles. The summed E-state index contributed by atoms with van der Waals surface area (Å²) >= 11 is 1.15. The molecule has 0 aliphatic rings. The highest BCUT2D eigenvalue weighted by Crippen LogP contribution is 2.25. The molecule has 0 fully saturated rings. The molecule has 0 radical (unpaired) electrons. The van der Waals surface area contributed by atoms with E-state index in [4.69, 9.17) is 4.74 Å². The number of aryl methyl sites for hydroxylation is 1. The number of para-hydroxylation sites is 1. The third kappa shape index (κ3) is 2.96. The topological polar surface area (TPSA) is 60.3 Å². The molecule has 1 aromatic carbocycles. The van der Waals surface area contributed by atoms with Crippen LogP contribution in [0.4, 0.5) is 10.5 Å². The molecule has 1 amide bonds. The lowest BCUT2D eigenvalue weighted by molar-refractivity contribution is 0.0636. The van der Waals surface area contributed by atoms with Gasteiger partial charge in [-0.15, -0.1) is 0 Å². The van der Waals surface area contributed by atoms with Gasteiger partial charge in [-0.1, -0.05) is 17.4 Å². The van der Waals surface area contributed by atoms with E-state index < -0.39 is 11.7 Å². The standard InChI is InChI=1S/C13H16N2O3S/c1-13(2,3)18-11(16)14-8-6-5-7-9-10(8)15(4)12(17)19-9/h5-7H,1-4H3,(H,14,16). The quantitative estimate of drug-likeness (QED) is 0.873. The second kappa shape index (κ2) is 4.70. The summed E-state index contributed by atoms with van der Waals surface area (Å²) in [4.78, 5) is 23.4. The fraction of sp³-hybridized carbons (Fsp3) is 0.385. The number of aromatic nitrogens is 1. The molecular formula is C13H16N2O3S. The van der Waals surface area contributed by atoms with E-state index in [2.05, 4.69) is 5.32 Å². The number of hydrogen-bond donors (Lipinski definition) is 1. The van der Waals surface area contributed by atoms with E-state index in [1.165, 1.54) is 4.57 Å². The number of ether oxygens (including phenoxy) is 1. The maximum Gasteiger partial charge on any atom is 0.412 e. The first-order valence-electron chi connectivity index (χ1n) is 5.86. The van der Waals surface area contributed by atoms with E-state index in [9.17, 15) is 9.59 Å². The highest BCUT2D eigenvalue weighted by molar-refractivity contribution is 7.16. The van der Waals surface area contributed by atoms with Crippen molar-refractivity contribution in [1.82, 2.24) is 4.57 Å². The number of nitrogens with zero attached hydrogens (tertiary/aromatic N) is 1. The minimum absolute atomic E-state index is 0.0616. The number of hydrogen-bond acceptors (Lipinski definition) is 4. The van der Waals surface area contributed by atoms with Crippen molar-refractivity contribution >= 4 is 33.3 Å². The van der Waals surface area contributed by atoms with E-state index in [0.29, 0.717) is 11.2 Å². The van der Waals surface area contributed by atoms with Gasteiger partial charge in [0.2, 0.25) is 0 Å². The lowest BCUT2D eigenvalue weighted by Crippen LogP contribution is -2.27. The fourth-order valence-electron chi connectivity index (χ4n) is 1.72. The number of thiazole rings is 1. The summed E-state index contributed by atoms with van der Waals surface area (Å²) < 4.78 is 7.56. The first-order valence-corrected chi connectivity index (χ1v) is 6.68. The zero-order chi connectivity index (χ0) is 14.2. The predicted octanol–water partition coefficient (Wildman–Crippen LogP) is 2.95. The van der Waals surface area contributed by atoms with Gasteiger partial charge in [0.1, 0.15) is 5.60 Å². The van der Waals surface area contributed by atoms with Crippen LogP contribution in [0.25, 0.3) is 10.2 Å². The van der Waals surface area contributed by atoms with Crippen LogP contribution in [0.5, 0.6) is 0 Å². The Bertz CT molecular complexity index is 679. The van der Waals surface area contributed by atoms with Gasteiger partial charge in [-0.3, -0.25) is 14.7 Å². The largest absolute Gasteiger partial charge is 0.444 e. The second-order valence-electron chi connectivity index (χ2n) is 5.21. The molecule has 5 nitrogen and oxygen atoms in total. The molecule has 0 saturated heterocycles. The van der Waals surface area contributed by atoms with Crippen LogP contribution in [0.3, 0.4) is 0 Å².